The van der Waals surface area contributed by atoms with E-state index in [-0.39, 0.29) is 5.54 Å². The second-order valence-corrected chi connectivity index (χ2v) is 6.82. The fourth-order valence-corrected chi connectivity index (χ4v) is 3.32. The van der Waals surface area contributed by atoms with Crippen molar-refractivity contribution in [2.45, 2.75) is 58.7 Å². The van der Waals surface area contributed by atoms with E-state index in [1.54, 1.807) is 0 Å². The van der Waals surface area contributed by atoms with Crippen LogP contribution < -0.4 is 5.32 Å². The lowest BCUT2D eigenvalue weighted by atomic mass is 9.85. The Balaban J connectivity index is 2.24. The smallest absolute Gasteiger partial charge is 0.0535 e. The first kappa shape index (κ1) is 15.5. The Morgan fingerprint density at radius 3 is 2.45 bits per heavy atom. The molecule has 1 aliphatic rings. The summed E-state index contributed by atoms with van der Waals surface area (Å²) in [7, 11) is 0. The largest absolute Gasteiger partial charge is 0.305 e. The third kappa shape index (κ3) is 3.07. The lowest BCUT2D eigenvalue weighted by molar-refractivity contribution is 0.0290. The van der Waals surface area contributed by atoms with E-state index in [1.165, 1.54) is 12.0 Å². The summed E-state index contributed by atoms with van der Waals surface area (Å²) in [4.78, 5) is 2.72. The molecule has 2 heteroatoms. The van der Waals surface area contributed by atoms with E-state index >= 15 is 0 Å². The van der Waals surface area contributed by atoms with Gasteiger partial charge >= 0.3 is 0 Å². The maximum absolute atomic E-state index is 3.81. The molecule has 1 aromatic carbocycles. The molecular weight excluding hydrogens is 244 g/mol. The van der Waals surface area contributed by atoms with Crippen molar-refractivity contribution in [3.63, 3.8) is 0 Å². The van der Waals surface area contributed by atoms with Crippen LogP contribution >= 0.6 is 0 Å². The van der Waals surface area contributed by atoms with E-state index in [0.29, 0.717) is 18.0 Å². The van der Waals surface area contributed by atoms with E-state index in [2.05, 4.69) is 75.2 Å². The van der Waals surface area contributed by atoms with Gasteiger partial charge in [0, 0.05) is 25.2 Å². The van der Waals surface area contributed by atoms with E-state index in [4.69, 9.17) is 0 Å². The van der Waals surface area contributed by atoms with Crippen molar-refractivity contribution in [2.24, 2.45) is 5.92 Å². The quantitative estimate of drug-likeness (QED) is 0.902. The second-order valence-electron chi connectivity index (χ2n) is 6.82. The van der Waals surface area contributed by atoms with E-state index in [9.17, 15) is 0 Å². The number of piperazine rings is 1. The van der Waals surface area contributed by atoms with Crippen molar-refractivity contribution in [1.29, 1.82) is 0 Å². The molecule has 1 heterocycles. The molecule has 0 amide bonds. The average molecular weight is 274 g/mol. The number of hydrogen-bond acceptors (Lipinski definition) is 2. The van der Waals surface area contributed by atoms with Crippen LogP contribution in [0.5, 0.6) is 0 Å². The zero-order valence-corrected chi connectivity index (χ0v) is 13.7. The molecule has 0 aliphatic carbocycles. The van der Waals surface area contributed by atoms with Gasteiger partial charge in [0.2, 0.25) is 0 Å². The molecule has 0 bridgehead atoms. The Morgan fingerprint density at radius 2 is 1.90 bits per heavy atom. The third-order valence-corrected chi connectivity index (χ3v) is 4.96. The Kier molecular flexibility index (Phi) is 4.87. The molecule has 0 saturated carbocycles. The zero-order valence-electron chi connectivity index (χ0n) is 13.7. The Hall–Kier alpha value is -0.860. The van der Waals surface area contributed by atoms with Crippen molar-refractivity contribution >= 4 is 0 Å². The highest BCUT2D eigenvalue weighted by atomic mass is 15.3. The predicted octanol–water partition coefficient (Wildman–Crippen LogP) is 3.63. The van der Waals surface area contributed by atoms with Crippen molar-refractivity contribution in [1.82, 2.24) is 10.2 Å². The molecule has 1 saturated heterocycles. The molecule has 2 rings (SSSR count). The average Bonchev–Trinajstić information content (AvgIpc) is 2.47. The summed E-state index contributed by atoms with van der Waals surface area (Å²) in [6.45, 7) is 13.9. The maximum atomic E-state index is 3.81. The summed E-state index contributed by atoms with van der Waals surface area (Å²) < 4.78 is 0. The SMILES string of the molecule is CCC(C)N1CC(C)(c2ccccc2)NCC1C(C)C. The lowest BCUT2D eigenvalue weighted by Gasteiger charge is -2.50. The highest BCUT2D eigenvalue weighted by molar-refractivity contribution is 5.25. The molecule has 3 atom stereocenters. The Morgan fingerprint density at radius 1 is 1.25 bits per heavy atom. The first-order valence-electron chi connectivity index (χ1n) is 8.04. The minimum Gasteiger partial charge on any atom is -0.305 e. The van der Waals surface area contributed by atoms with Gasteiger partial charge in [0.1, 0.15) is 0 Å². The van der Waals surface area contributed by atoms with Gasteiger partial charge in [0.05, 0.1) is 5.54 Å². The molecule has 20 heavy (non-hydrogen) atoms. The van der Waals surface area contributed by atoms with Gasteiger partial charge in [0.25, 0.3) is 0 Å². The van der Waals surface area contributed by atoms with Crippen LogP contribution in [-0.2, 0) is 5.54 Å². The summed E-state index contributed by atoms with van der Waals surface area (Å²) >= 11 is 0. The van der Waals surface area contributed by atoms with Gasteiger partial charge in [0.15, 0.2) is 0 Å². The van der Waals surface area contributed by atoms with Crippen molar-refractivity contribution in [3.05, 3.63) is 35.9 Å². The number of nitrogens with one attached hydrogen (secondary N) is 1. The fourth-order valence-electron chi connectivity index (χ4n) is 3.32. The van der Waals surface area contributed by atoms with Crippen LogP contribution in [0.4, 0.5) is 0 Å². The summed E-state index contributed by atoms with van der Waals surface area (Å²) in [5.74, 6) is 0.692. The van der Waals surface area contributed by atoms with E-state index in [0.717, 1.165) is 13.1 Å². The normalized spacial score (nSPS) is 29.6. The first-order chi connectivity index (χ1) is 9.48. The molecule has 0 spiro atoms. The summed E-state index contributed by atoms with van der Waals surface area (Å²) in [5, 5.41) is 3.81. The fraction of sp³-hybridized carbons (Fsp3) is 0.667. The molecule has 1 aromatic rings. The van der Waals surface area contributed by atoms with Gasteiger partial charge in [-0.05, 0) is 31.7 Å². The third-order valence-electron chi connectivity index (χ3n) is 4.96. The molecule has 1 aliphatic heterocycles. The summed E-state index contributed by atoms with van der Waals surface area (Å²) in [6.07, 6.45) is 1.22. The number of nitrogens with zero attached hydrogens (tertiary/aromatic N) is 1. The Bertz CT molecular complexity index is 415. The van der Waals surface area contributed by atoms with Gasteiger partial charge in [-0.3, -0.25) is 4.90 Å². The van der Waals surface area contributed by atoms with Crippen molar-refractivity contribution in [2.75, 3.05) is 13.1 Å². The minimum atomic E-state index is 0.0656. The van der Waals surface area contributed by atoms with Crippen molar-refractivity contribution < 1.29 is 0 Å². The standard InChI is InChI=1S/C18H30N2/c1-6-15(4)20-13-18(5,16-10-8-7-9-11-16)19-12-17(20)14(2)3/h7-11,14-15,17,19H,6,12-13H2,1-5H3. The van der Waals surface area contributed by atoms with E-state index < -0.39 is 0 Å². The minimum absolute atomic E-state index is 0.0656. The van der Waals surface area contributed by atoms with Crippen molar-refractivity contribution in [3.8, 4) is 0 Å². The van der Waals surface area contributed by atoms with E-state index in [1.807, 2.05) is 0 Å². The number of rotatable bonds is 4. The van der Waals surface area contributed by atoms with Gasteiger partial charge in [-0.25, -0.2) is 0 Å². The van der Waals surface area contributed by atoms with Crippen LogP contribution in [0, 0.1) is 5.92 Å². The van der Waals surface area contributed by atoms with Crippen LogP contribution in [0.25, 0.3) is 0 Å². The van der Waals surface area contributed by atoms with Gasteiger partial charge in [-0.2, -0.15) is 0 Å². The summed E-state index contributed by atoms with van der Waals surface area (Å²) in [6, 6.07) is 12.2. The molecule has 112 valence electrons. The first-order valence-corrected chi connectivity index (χ1v) is 8.04. The number of benzene rings is 1. The molecule has 0 aromatic heterocycles. The molecule has 1 fully saturated rings. The molecular formula is C18H30N2. The number of hydrogen-bond donors (Lipinski definition) is 1. The van der Waals surface area contributed by atoms with Crippen LogP contribution in [0.15, 0.2) is 30.3 Å². The molecule has 3 unspecified atom stereocenters. The highest BCUT2D eigenvalue weighted by Crippen LogP contribution is 2.30. The van der Waals surface area contributed by atoms with Crippen LogP contribution in [0.2, 0.25) is 0 Å². The zero-order chi connectivity index (χ0) is 14.8. The van der Waals surface area contributed by atoms with Crippen LogP contribution in [-0.4, -0.2) is 30.1 Å². The highest BCUT2D eigenvalue weighted by Gasteiger charge is 2.39. The van der Waals surface area contributed by atoms with Gasteiger partial charge < -0.3 is 5.32 Å². The topological polar surface area (TPSA) is 15.3 Å². The van der Waals surface area contributed by atoms with Gasteiger partial charge in [-0.15, -0.1) is 0 Å². The summed E-state index contributed by atoms with van der Waals surface area (Å²) in [5.41, 5.74) is 1.46. The van der Waals surface area contributed by atoms with Gasteiger partial charge in [-0.1, -0.05) is 51.1 Å². The second kappa shape index (κ2) is 6.28. The lowest BCUT2D eigenvalue weighted by Crippen LogP contribution is -2.64. The molecule has 0 radical (unpaired) electrons. The molecule has 2 nitrogen and oxygen atoms in total. The predicted molar refractivity (Wildman–Crippen MR) is 86.9 cm³/mol. The molecule has 1 N–H and O–H groups in total. The monoisotopic (exact) mass is 274 g/mol. The maximum Gasteiger partial charge on any atom is 0.0535 e. The Labute approximate surface area is 124 Å². The van der Waals surface area contributed by atoms with Crippen LogP contribution in [0.3, 0.4) is 0 Å². The van der Waals surface area contributed by atoms with Crippen LogP contribution in [0.1, 0.15) is 46.6 Å².